The fourth-order valence-electron chi connectivity index (χ4n) is 3.08. The van der Waals surface area contributed by atoms with Crippen molar-refractivity contribution in [3.63, 3.8) is 0 Å². The number of hydrogen-bond acceptors (Lipinski definition) is 5. The van der Waals surface area contributed by atoms with E-state index in [4.69, 9.17) is 15.0 Å². The van der Waals surface area contributed by atoms with Gasteiger partial charge in [0.05, 0.1) is 24.5 Å². The monoisotopic (exact) mass is 337 g/mol. The second kappa shape index (κ2) is 5.89. The molecule has 0 bridgehead atoms. The Kier molecular flexibility index (Phi) is 3.69. The van der Waals surface area contributed by atoms with Gasteiger partial charge in [-0.3, -0.25) is 4.79 Å². The molecule has 3 heterocycles. The molecule has 3 aromatic rings. The SMILES string of the molecule is Cc1noc(C)c1-c1cc(N)c(=O)n(Cc2ccc(C3CO3)cc2)c1. The molecule has 1 saturated heterocycles. The summed E-state index contributed by atoms with van der Waals surface area (Å²) in [5, 5.41) is 3.98. The number of aromatic nitrogens is 2. The van der Waals surface area contributed by atoms with Crippen LogP contribution in [-0.2, 0) is 11.3 Å². The molecule has 1 fully saturated rings. The van der Waals surface area contributed by atoms with Gasteiger partial charge in [0, 0.05) is 17.3 Å². The van der Waals surface area contributed by atoms with Gasteiger partial charge in [-0.05, 0) is 31.0 Å². The second-order valence-corrected chi connectivity index (χ2v) is 6.38. The van der Waals surface area contributed by atoms with Crippen LogP contribution in [0.25, 0.3) is 11.1 Å². The molecule has 0 radical (unpaired) electrons. The van der Waals surface area contributed by atoms with Gasteiger partial charge in [-0.15, -0.1) is 0 Å². The van der Waals surface area contributed by atoms with Crippen molar-refractivity contribution in [2.75, 3.05) is 12.3 Å². The number of nitrogen functional groups attached to an aromatic ring is 1. The molecule has 0 aliphatic carbocycles. The Morgan fingerprint density at radius 2 is 2.00 bits per heavy atom. The summed E-state index contributed by atoms with van der Waals surface area (Å²) in [6.45, 7) is 4.96. The molecule has 0 spiro atoms. The summed E-state index contributed by atoms with van der Waals surface area (Å²) in [6.07, 6.45) is 2.04. The first kappa shape index (κ1) is 15.7. The zero-order valence-corrected chi connectivity index (χ0v) is 14.2. The van der Waals surface area contributed by atoms with Gasteiger partial charge in [-0.1, -0.05) is 29.4 Å². The molecule has 1 unspecified atom stereocenters. The highest BCUT2D eigenvalue weighted by Crippen LogP contribution is 2.30. The number of nitrogens with zero attached hydrogens (tertiary/aromatic N) is 2. The van der Waals surface area contributed by atoms with Crippen LogP contribution in [0.5, 0.6) is 0 Å². The molecule has 0 saturated carbocycles. The van der Waals surface area contributed by atoms with Gasteiger partial charge in [-0.2, -0.15) is 0 Å². The molecular weight excluding hydrogens is 318 g/mol. The maximum Gasteiger partial charge on any atom is 0.274 e. The number of nitrogens with two attached hydrogens (primary N) is 1. The highest BCUT2D eigenvalue weighted by Gasteiger charge is 2.24. The highest BCUT2D eigenvalue weighted by atomic mass is 16.6. The zero-order chi connectivity index (χ0) is 17.6. The van der Waals surface area contributed by atoms with Gasteiger partial charge in [-0.25, -0.2) is 0 Å². The maximum absolute atomic E-state index is 12.4. The molecule has 2 aromatic heterocycles. The van der Waals surface area contributed by atoms with Crippen LogP contribution in [0.3, 0.4) is 0 Å². The summed E-state index contributed by atoms with van der Waals surface area (Å²) in [7, 11) is 0. The van der Waals surface area contributed by atoms with E-state index in [1.165, 1.54) is 5.56 Å². The molecular formula is C19H19N3O3. The Hall–Kier alpha value is -2.86. The van der Waals surface area contributed by atoms with Gasteiger partial charge < -0.3 is 19.6 Å². The average molecular weight is 337 g/mol. The van der Waals surface area contributed by atoms with E-state index >= 15 is 0 Å². The molecule has 6 heteroatoms. The molecule has 1 atom stereocenters. The lowest BCUT2D eigenvalue weighted by Crippen LogP contribution is -2.23. The molecule has 4 rings (SSSR count). The topological polar surface area (TPSA) is 86.6 Å². The zero-order valence-electron chi connectivity index (χ0n) is 14.2. The lowest BCUT2D eigenvalue weighted by atomic mass is 10.1. The van der Waals surface area contributed by atoms with Crippen molar-refractivity contribution in [3.05, 3.63) is 69.5 Å². The Morgan fingerprint density at radius 3 is 2.60 bits per heavy atom. The Labute approximate surface area is 144 Å². The molecule has 6 nitrogen and oxygen atoms in total. The van der Waals surface area contributed by atoms with E-state index in [1.807, 2.05) is 44.3 Å². The van der Waals surface area contributed by atoms with E-state index in [9.17, 15) is 4.79 Å². The van der Waals surface area contributed by atoms with E-state index in [2.05, 4.69) is 5.16 Å². The number of epoxide rings is 1. The molecule has 1 aliphatic rings. The maximum atomic E-state index is 12.4. The lowest BCUT2D eigenvalue weighted by molar-refractivity contribution is 0.393. The van der Waals surface area contributed by atoms with Crippen molar-refractivity contribution >= 4 is 5.69 Å². The highest BCUT2D eigenvalue weighted by molar-refractivity contribution is 5.69. The molecule has 128 valence electrons. The van der Waals surface area contributed by atoms with E-state index in [0.29, 0.717) is 12.3 Å². The van der Waals surface area contributed by atoms with E-state index in [0.717, 1.165) is 29.0 Å². The first-order valence-corrected chi connectivity index (χ1v) is 8.16. The largest absolute Gasteiger partial charge is 0.394 e. The van der Waals surface area contributed by atoms with E-state index in [1.54, 1.807) is 10.6 Å². The number of anilines is 1. The second-order valence-electron chi connectivity index (χ2n) is 6.38. The summed E-state index contributed by atoms with van der Waals surface area (Å²) in [6, 6.07) is 9.79. The average Bonchev–Trinajstić information content (AvgIpc) is 3.38. The van der Waals surface area contributed by atoms with Crippen molar-refractivity contribution < 1.29 is 9.26 Å². The number of aryl methyl sites for hydroxylation is 2. The number of ether oxygens (including phenoxy) is 1. The third kappa shape index (κ3) is 2.96. The van der Waals surface area contributed by atoms with E-state index in [-0.39, 0.29) is 17.4 Å². The minimum absolute atomic E-state index is 0.204. The summed E-state index contributed by atoms with van der Waals surface area (Å²) in [5.74, 6) is 0.705. The third-order valence-corrected chi connectivity index (χ3v) is 4.47. The molecule has 1 aliphatic heterocycles. The van der Waals surface area contributed by atoms with Gasteiger partial charge in [0.15, 0.2) is 0 Å². The number of rotatable bonds is 4. The van der Waals surface area contributed by atoms with Crippen LogP contribution in [0, 0.1) is 13.8 Å². The van der Waals surface area contributed by atoms with Crippen LogP contribution >= 0.6 is 0 Å². The summed E-state index contributed by atoms with van der Waals surface area (Å²) in [4.78, 5) is 12.4. The van der Waals surface area contributed by atoms with Gasteiger partial charge in [0.1, 0.15) is 11.9 Å². The van der Waals surface area contributed by atoms with E-state index < -0.39 is 0 Å². The number of hydrogen-bond donors (Lipinski definition) is 1. The Bertz CT molecular complexity index is 963. The van der Waals surface area contributed by atoms with Crippen molar-refractivity contribution in [2.45, 2.75) is 26.5 Å². The predicted octanol–water partition coefficient (Wildman–Crippen LogP) is 2.82. The minimum atomic E-state index is -0.204. The molecule has 25 heavy (non-hydrogen) atoms. The first-order valence-electron chi connectivity index (χ1n) is 8.16. The first-order chi connectivity index (χ1) is 12.0. The summed E-state index contributed by atoms with van der Waals surface area (Å²) < 4.78 is 12.1. The minimum Gasteiger partial charge on any atom is -0.394 e. The molecule has 2 N–H and O–H groups in total. The van der Waals surface area contributed by atoms with Crippen molar-refractivity contribution in [3.8, 4) is 11.1 Å². The fraction of sp³-hybridized carbons (Fsp3) is 0.263. The Balaban J connectivity index is 1.70. The Morgan fingerprint density at radius 1 is 1.28 bits per heavy atom. The van der Waals surface area contributed by atoms with Crippen molar-refractivity contribution in [2.24, 2.45) is 0 Å². The quantitative estimate of drug-likeness (QED) is 0.740. The number of benzene rings is 1. The fourth-order valence-corrected chi connectivity index (χ4v) is 3.08. The van der Waals surface area contributed by atoms with Crippen LogP contribution in [0.15, 0.2) is 45.8 Å². The lowest BCUT2D eigenvalue weighted by Gasteiger charge is -2.11. The van der Waals surface area contributed by atoms with Crippen LogP contribution in [0.1, 0.15) is 28.7 Å². The predicted molar refractivity (Wildman–Crippen MR) is 94.3 cm³/mol. The normalized spacial score (nSPS) is 16.2. The summed E-state index contributed by atoms with van der Waals surface area (Å²) >= 11 is 0. The van der Waals surface area contributed by atoms with Crippen molar-refractivity contribution in [1.29, 1.82) is 0 Å². The standard InChI is InChI=1S/C19H19N3O3/c1-11-18(12(2)25-21-11)15-7-16(20)19(23)22(9-15)8-13-3-5-14(6-4-13)17-10-24-17/h3-7,9,17H,8,10,20H2,1-2H3. The van der Waals surface area contributed by atoms with Gasteiger partial charge in [0.2, 0.25) is 0 Å². The van der Waals surface area contributed by atoms with Crippen LogP contribution in [0.2, 0.25) is 0 Å². The third-order valence-electron chi connectivity index (χ3n) is 4.47. The van der Waals surface area contributed by atoms with Gasteiger partial charge in [0.25, 0.3) is 5.56 Å². The summed E-state index contributed by atoms with van der Waals surface area (Å²) in [5.41, 5.74) is 10.6. The molecule has 1 aromatic carbocycles. The van der Waals surface area contributed by atoms with Gasteiger partial charge >= 0.3 is 0 Å². The van der Waals surface area contributed by atoms with Crippen LogP contribution in [-0.4, -0.2) is 16.3 Å². The van der Waals surface area contributed by atoms with Crippen LogP contribution in [0.4, 0.5) is 5.69 Å². The molecule has 0 amide bonds. The van der Waals surface area contributed by atoms with Crippen molar-refractivity contribution in [1.82, 2.24) is 9.72 Å². The van der Waals surface area contributed by atoms with Crippen LogP contribution < -0.4 is 11.3 Å². The number of pyridine rings is 1. The smallest absolute Gasteiger partial charge is 0.274 e.